The Morgan fingerprint density at radius 3 is 2.62 bits per heavy atom. The van der Waals surface area contributed by atoms with Crippen molar-refractivity contribution in [3.05, 3.63) is 77.9 Å². The van der Waals surface area contributed by atoms with Gasteiger partial charge in [-0.05, 0) is 30.7 Å². The van der Waals surface area contributed by atoms with Gasteiger partial charge in [-0.2, -0.15) is 5.10 Å². The first-order chi connectivity index (χ1) is 16.5. The van der Waals surface area contributed by atoms with E-state index >= 15 is 0 Å². The lowest BCUT2D eigenvalue weighted by Gasteiger charge is -2.03. The number of hydrogen-bond donors (Lipinski definition) is 1. The second-order valence-corrected chi connectivity index (χ2v) is 9.22. The third-order valence-corrected chi connectivity index (χ3v) is 6.47. The Kier molecular flexibility index (Phi) is 7.65. The Morgan fingerprint density at radius 1 is 1.12 bits per heavy atom. The molecule has 174 valence electrons. The van der Waals surface area contributed by atoms with Crippen LogP contribution in [0.2, 0.25) is 0 Å². The summed E-state index contributed by atoms with van der Waals surface area (Å²) in [6.07, 6.45) is 2.33. The Balaban J connectivity index is 1.44. The average molecular weight is 498 g/mol. The number of ether oxygens (including phenoxy) is 1. The van der Waals surface area contributed by atoms with Crippen LogP contribution in [0.15, 0.2) is 65.1 Å². The van der Waals surface area contributed by atoms with Crippen LogP contribution in [0, 0.1) is 5.82 Å². The number of anilines is 1. The van der Waals surface area contributed by atoms with Crippen molar-refractivity contribution in [1.29, 1.82) is 0 Å². The Labute approximate surface area is 203 Å². The molecule has 2 aromatic heterocycles. The van der Waals surface area contributed by atoms with E-state index in [1.54, 1.807) is 30.5 Å². The number of amides is 1. The molecule has 11 heteroatoms. The van der Waals surface area contributed by atoms with Crippen molar-refractivity contribution in [1.82, 2.24) is 20.0 Å². The summed E-state index contributed by atoms with van der Waals surface area (Å²) in [6.45, 7) is 2.36. The number of Topliss-reactive ketones (excluding diaryl/α,β-unsaturated/α-hetero) is 1. The van der Waals surface area contributed by atoms with Crippen molar-refractivity contribution in [2.45, 2.75) is 17.7 Å². The molecule has 4 aromatic rings. The van der Waals surface area contributed by atoms with Gasteiger partial charge in [0, 0.05) is 5.56 Å². The van der Waals surface area contributed by atoms with E-state index in [1.165, 1.54) is 28.6 Å². The summed E-state index contributed by atoms with van der Waals surface area (Å²) in [4.78, 5) is 25.2. The van der Waals surface area contributed by atoms with E-state index in [0.717, 1.165) is 17.8 Å². The van der Waals surface area contributed by atoms with Crippen LogP contribution in [0.1, 0.15) is 34.2 Å². The van der Waals surface area contributed by atoms with Crippen molar-refractivity contribution in [3.63, 3.8) is 0 Å². The van der Waals surface area contributed by atoms with Crippen LogP contribution >= 0.6 is 23.1 Å². The molecule has 0 aliphatic heterocycles. The SMILES string of the molecule is CCCOc1cn(-c2ccc(F)cc2)nc1C(=O)Nc1nnc(SCC(=O)c2ccccc2)s1. The molecule has 0 aliphatic rings. The fraction of sp³-hybridized carbons (Fsp3) is 0.174. The second-order valence-electron chi connectivity index (χ2n) is 7.02. The van der Waals surface area contributed by atoms with Crippen molar-refractivity contribution >= 4 is 39.9 Å². The lowest BCUT2D eigenvalue weighted by atomic mass is 10.2. The highest BCUT2D eigenvalue weighted by molar-refractivity contribution is 8.01. The highest BCUT2D eigenvalue weighted by atomic mass is 32.2. The summed E-state index contributed by atoms with van der Waals surface area (Å²) in [6, 6.07) is 14.7. The Morgan fingerprint density at radius 2 is 1.88 bits per heavy atom. The number of carbonyl (C=O) groups is 2. The number of benzene rings is 2. The van der Waals surface area contributed by atoms with Gasteiger partial charge >= 0.3 is 0 Å². The van der Waals surface area contributed by atoms with E-state index in [4.69, 9.17) is 4.74 Å². The van der Waals surface area contributed by atoms with Gasteiger partial charge in [0.05, 0.1) is 24.2 Å². The molecule has 2 aromatic carbocycles. The molecular weight excluding hydrogens is 477 g/mol. The minimum Gasteiger partial charge on any atom is -0.489 e. The lowest BCUT2D eigenvalue weighted by Crippen LogP contribution is -2.14. The smallest absolute Gasteiger partial charge is 0.281 e. The maximum absolute atomic E-state index is 13.3. The highest BCUT2D eigenvalue weighted by Crippen LogP contribution is 2.27. The van der Waals surface area contributed by atoms with Gasteiger partial charge in [0.15, 0.2) is 21.6 Å². The van der Waals surface area contributed by atoms with E-state index in [1.807, 2.05) is 25.1 Å². The maximum atomic E-state index is 13.3. The summed E-state index contributed by atoms with van der Waals surface area (Å²) < 4.78 is 21.0. The number of carbonyl (C=O) groups excluding carboxylic acids is 2. The van der Waals surface area contributed by atoms with Gasteiger partial charge in [-0.1, -0.05) is 60.4 Å². The fourth-order valence-electron chi connectivity index (χ4n) is 2.87. The van der Waals surface area contributed by atoms with E-state index in [0.29, 0.717) is 27.9 Å². The summed E-state index contributed by atoms with van der Waals surface area (Å²) >= 11 is 2.41. The van der Waals surface area contributed by atoms with Gasteiger partial charge in [-0.25, -0.2) is 9.07 Å². The van der Waals surface area contributed by atoms with Gasteiger partial charge in [0.25, 0.3) is 5.91 Å². The first-order valence-electron chi connectivity index (χ1n) is 10.4. The van der Waals surface area contributed by atoms with Crippen molar-refractivity contribution in [2.75, 3.05) is 17.7 Å². The Bertz CT molecular complexity index is 1280. The first-order valence-corrected chi connectivity index (χ1v) is 12.2. The van der Waals surface area contributed by atoms with Gasteiger partial charge in [0.2, 0.25) is 5.13 Å². The van der Waals surface area contributed by atoms with Crippen LogP contribution in [0.5, 0.6) is 5.75 Å². The number of aromatic nitrogens is 4. The van der Waals surface area contributed by atoms with E-state index in [-0.39, 0.29) is 28.2 Å². The van der Waals surface area contributed by atoms with Crippen LogP contribution in [-0.4, -0.2) is 44.0 Å². The average Bonchev–Trinajstić information content (AvgIpc) is 3.49. The zero-order valence-corrected chi connectivity index (χ0v) is 19.7. The van der Waals surface area contributed by atoms with Gasteiger partial charge < -0.3 is 4.74 Å². The molecule has 0 spiro atoms. The van der Waals surface area contributed by atoms with Crippen molar-refractivity contribution in [2.24, 2.45) is 0 Å². The second kappa shape index (κ2) is 11.0. The molecule has 8 nitrogen and oxygen atoms in total. The van der Waals surface area contributed by atoms with Crippen LogP contribution in [0.4, 0.5) is 9.52 Å². The predicted molar refractivity (Wildman–Crippen MR) is 129 cm³/mol. The number of nitrogens with zero attached hydrogens (tertiary/aromatic N) is 4. The number of rotatable bonds is 10. The molecule has 0 atom stereocenters. The van der Waals surface area contributed by atoms with Crippen molar-refractivity contribution in [3.8, 4) is 11.4 Å². The molecular formula is C23H20FN5O3S2. The number of thioether (sulfide) groups is 1. The van der Waals surface area contributed by atoms with Gasteiger partial charge in [-0.3, -0.25) is 14.9 Å². The fourth-order valence-corrected chi connectivity index (χ4v) is 4.51. The summed E-state index contributed by atoms with van der Waals surface area (Å²) in [7, 11) is 0. The third kappa shape index (κ3) is 5.86. The third-order valence-electron chi connectivity index (χ3n) is 4.50. The molecule has 0 bridgehead atoms. The van der Waals surface area contributed by atoms with Crippen LogP contribution in [-0.2, 0) is 0 Å². The van der Waals surface area contributed by atoms with Gasteiger partial charge in [-0.15, -0.1) is 10.2 Å². The number of nitrogens with one attached hydrogen (secondary N) is 1. The molecule has 0 fully saturated rings. The molecule has 1 N–H and O–H groups in total. The normalized spacial score (nSPS) is 10.8. The largest absolute Gasteiger partial charge is 0.489 e. The molecule has 1 amide bonds. The first kappa shape index (κ1) is 23.6. The van der Waals surface area contributed by atoms with Crippen molar-refractivity contribution < 1.29 is 18.7 Å². The monoisotopic (exact) mass is 497 g/mol. The molecule has 34 heavy (non-hydrogen) atoms. The Hall–Kier alpha value is -3.57. The molecule has 0 saturated heterocycles. The number of hydrogen-bond acceptors (Lipinski definition) is 8. The number of ketones is 1. The lowest BCUT2D eigenvalue weighted by molar-refractivity contribution is 0.101. The van der Waals surface area contributed by atoms with Gasteiger partial charge in [0.1, 0.15) is 5.82 Å². The quantitative estimate of drug-likeness (QED) is 0.189. The molecule has 0 saturated carbocycles. The summed E-state index contributed by atoms with van der Waals surface area (Å²) in [5.74, 6) is -0.387. The molecule has 2 heterocycles. The highest BCUT2D eigenvalue weighted by Gasteiger charge is 2.21. The topological polar surface area (TPSA) is 99.0 Å². The minimum atomic E-state index is -0.514. The standard InChI is InChI=1S/C23H20FN5O3S2/c1-2-12-32-19-13-29(17-10-8-16(24)9-11-17)28-20(19)21(31)25-22-26-27-23(34-22)33-14-18(30)15-6-4-3-5-7-15/h3-11,13H,2,12,14H2,1H3,(H,25,26,31). The molecule has 0 unspecified atom stereocenters. The molecule has 4 rings (SSSR count). The maximum Gasteiger partial charge on any atom is 0.281 e. The van der Waals surface area contributed by atoms with Crippen LogP contribution < -0.4 is 10.1 Å². The number of halogens is 1. The summed E-state index contributed by atoms with van der Waals surface area (Å²) in [5, 5.41) is 15.3. The zero-order valence-electron chi connectivity index (χ0n) is 18.1. The molecule has 0 radical (unpaired) electrons. The predicted octanol–water partition coefficient (Wildman–Crippen LogP) is 4.88. The molecule has 0 aliphatic carbocycles. The minimum absolute atomic E-state index is 0.0181. The van der Waals surface area contributed by atoms with E-state index < -0.39 is 5.91 Å². The zero-order chi connectivity index (χ0) is 23.9. The van der Waals surface area contributed by atoms with E-state index in [9.17, 15) is 14.0 Å². The van der Waals surface area contributed by atoms with Crippen LogP contribution in [0.25, 0.3) is 5.69 Å². The van der Waals surface area contributed by atoms with E-state index in [2.05, 4.69) is 20.6 Å². The summed E-state index contributed by atoms with van der Waals surface area (Å²) in [5.41, 5.74) is 1.28. The van der Waals surface area contributed by atoms with Crippen LogP contribution in [0.3, 0.4) is 0 Å².